The number of hydroxylamine groups is 1. The first kappa shape index (κ1) is 9.07. The Labute approximate surface area is 58.5 Å². The lowest BCUT2D eigenvalue weighted by Crippen LogP contribution is -2.24. The van der Waals surface area contributed by atoms with E-state index in [1.54, 1.807) is 6.26 Å². The van der Waals surface area contributed by atoms with Crippen LogP contribution in [0, 0.1) is 0 Å². The summed E-state index contributed by atoms with van der Waals surface area (Å²) in [6, 6.07) is 0. The first-order valence-corrected chi connectivity index (χ1v) is 4.39. The van der Waals surface area contributed by atoms with E-state index in [9.17, 15) is 4.21 Å². The van der Waals surface area contributed by atoms with Crippen LogP contribution in [0.3, 0.4) is 0 Å². The summed E-state index contributed by atoms with van der Waals surface area (Å²) in [5.74, 6) is 0. The number of hydrogen-bond acceptors (Lipinski definition) is 2. The summed E-state index contributed by atoms with van der Waals surface area (Å²) in [5, 5.41) is 0. The molecule has 9 heavy (non-hydrogen) atoms. The van der Waals surface area contributed by atoms with Crippen LogP contribution in [0.25, 0.3) is 0 Å². The summed E-state index contributed by atoms with van der Waals surface area (Å²) >= 11 is 0. The van der Waals surface area contributed by atoms with Gasteiger partial charge in [-0.1, -0.05) is 6.92 Å². The van der Waals surface area contributed by atoms with Gasteiger partial charge in [-0.25, -0.2) is 4.21 Å². The van der Waals surface area contributed by atoms with E-state index in [1.165, 1.54) is 11.6 Å². The normalized spacial score (nSPS) is 14.2. The minimum atomic E-state index is -0.992. The summed E-state index contributed by atoms with van der Waals surface area (Å²) < 4.78 is 12.1. The van der Waals surface area contributed by atoms with Crippen LogP contribution in [0.4, 0.5) is 0 Å². The molecule has 0 radical (unpaired) electrons. The largest absolute Gasteiger partial charge is 0.290 e. The maximum absolute atomic E-state index is 10.7. The summed E-state index contributed by atoms with van der Waals surface area (Å²) in [6.07, 6.45) is 2.55. The Kier molecular flexibility index (Phi) is 4.94. The molecule has 0 rings (SSSR count). The van der Waals surface area contributed by atoms with Gasteiger partial charge in [0.25, 0.3) is 0 Å². The highest BCUT2D eigenvalue weighted by Crippen LogP contribution is 1.93. The third-order valence-corrected chi connectivity index (χ3v) is 1.80. The van der Waals surface area contributed by atoms with E-state index in [-0.39, 0.29) is 0 Å². The Morgan fingerprint density at radius 2 is 2.22 bits per heavy atom. The monoisotopic (exact) mass is 151 g/mol. The minimum absolute atomic E-state index is 0.722. The van der Waals surface area contributed by atoms with Gasteiger partial charge >= 0.3 is 0 Å². The predicted molar refractivity (Wildman–Crippen MR) is 38.1 cm³/mol. The van der Waals surface area contributed by atoms with E-state index in [4.69, 9.17) is 4.84 Å². The highest BCUT2D eigenvalue weighted by Gasteiger charge is 2.03. The zero-order valence-corrected chi connectivity index (χ0v) is 6.90. The minimum Gasteiger partial charge on any atom is -0.290 e. The van der Waals surface area contributed by atoms with Gasteiger partial charge in [0.05, 0.1) is 7.11 Å². The highest BCUT2D eigenvalue weighted by molar-refractivity contribution is 7.81. The molecular weight excluding hydrogens is 138 g/mol. The third kappa shape index (κ3) is 3.61. The summed E-state index contributed by atoms with van der Waals surface area (Å²) in [6.45, 7) is 2.73. The number of nitrogens with zero attached hydrogens (tertiary/aromatic N) is 1. The maximum atomic E-state index is 10.7. The smallest absolute Gasteiger partial charge is 0.115 e. The Morgan fingerprint density at radius 3 is 2.33 bits per heavy atom. The van der Waals surface area contributed by atoms with Crippen molar-refractivity contribution in [3.8, 4) is 0 Å². The fourth-order valence-corrected chi connectivity index (χ4v) is 1.16. The zero-order chi connectivity index (χ0) is 7.28. The molecule has 0 amide bonds. The van der Waals surface area contributed by atoms with E-state index >= 15 is 0 Å². The molecule has 0 heterocycles. The summed E-state index contributed by atoms with van der Waals surface area (Å²) in [4.78, 5) is 4.79. The van der Waals surface area contributed by atoms with Crippen molar-refractivity contribution in [2.24, 2.45) is 0 Å². The SMILES string of the molecule is CCCN(OC)S(C)=O. The van der Waals surface area contributed by atoms with Crippen molar-refractivity contribution in [3.63, 3.8) is 0 Å². The molecule has 3 nitrogen and oxygen atoms in total. The molecular formula is C5H13NO2S. The molecule has 0 fully saturated rings. The molecule has 0 saturated carbocycles. The standard InChI is InChI=1S/C5H13NO2S/c1-4-5-6(8-2)9(3)7/h4-5H2,1-3H3. The van der Waals surface area contributed by atoms with Crippen molar-refractivity contribution in [3.05, 3.63) is 0 Å². The molecule has 0 aromatic carbocycles. The van der Waals surface area contributed by atoms with Gasteiger partial charge in [-0.15, -0.1) is 4.47 Å². The Morgan fingerprint density at radius 1 is 1.67 bits per heavy atom. The average Bonchev–Trinajstić information content (AvgIpc) is 1.82. The summed E-state index contributed by atoms with van der Waals surface area (Å²) in [5.41, 5.74) is 0. The molecule has 0 aliphatic carbocycles. The molecule has 56 valence electrons. The predicted octanol–water partition coefficient (Wildman–Crippen LogP) is 0.553. The molecule has 0 spiro atoms. The second-order valence-corrected chi connectivity index (χ2v) is 2.92. The first-order chi connectivity index (χ1) is 4.22. The van der Waals surface area contributed by atoms with Gasteiger partial charge < -0.3 is 0 Å². The lowest BCUT2D eigenvalue weighted by molar-refractivity contribution is -0.0424. The second kappa shape index (κ2) is 4.90. The van der Waals surface area contributed by atoms with Gasteiger partial charge in [0.15, 0.2) is 0 Å². The fraction of sp³-hybridized carbons (Fsp3) is 1.00. The summed E-state index contributed by atoms with van der Waals surface area (Å²) in [7, 11) is 0.533. The number of rotatable bonds is 4. The van der Waals surface area contributed by atoms with Gasteiger partial charge in [-0.05, 0) is 6.42 Å². The first-order valence-electron chi connectivity index (χ1n) is 2.87. The third-order valence-electron chi connectivity index (χ3n) is 0.897. The van der Waals surface area contributed by atoms with E-state index < -0.39 is 11.0 Å². The van der Waals surface area contributed by atoms with Gasteiger partial charge in [0, 0.05) is 12.8 Å². The Hall–Kier alpha value is 0.0700. The Balaban J connectivity index is 3.54. The molecule has 4 heteroatoms. The fourth-order valence-electron chi connectivity index (χ4n) is 0.507. The molecule has 0 aromatic rings. The lowest BCUT2D eigenvalue weighted by Gasteiger charge is -2.13. The van der Waals surface area contributed by atoms with Crippen LogP contribution >= 0.6 is 0 Å². The quantitative estimate of drug-likeness (QED) is 0.549. The molecule has 0 aromatic heterocycles. The van der Waals surface area contributed by atoms with E-state index in [1.807, 2.05) is 6.92 Å². The van der Waals surface area contributed by atoms with Crippen molar-refractivity contribution in [2.75, 3.05) is 19.9 Å². The van der Waals surface area contributed by atoms with Gasteiger partial charge in [0.2, 0.25) is 0 Å². The average molecular weight is 151 g/mol. The molecule has 1 unspecified atom stereocenters. The maximum Gasteiger partial charge on any atom is 0.115 e. The van der Waals surface area contributed by atoms with Crippen molar-refractivity contribution >= 4 is 11.0 Å². The molecule has 0 N–H and O–H groups in total. The van der Waals surface area contributed by atoms with Crippen molar-refractivity contribution in [1.82, 2.24) is 4.47 Å². The topological polar surface area (TPSA) is 29.5 Å². The van der Waals surface area contributed by atoms with E-state index in [0.29, 0.717) is 0 Å². The van der Waals surface area contributed by atoms with Crippen LogP contribution in [0.15, 0.2) is 0 Å². The van der Waals surface area contributed by atoms with Crippen LogP contribution in [0.1, 0.15) is 13.3 Å². The molecule has 0 aliphatic heterocycles. The van der Waals surface area contributed by atoms with E-state index in [0.717, 1.165) is 13.0 Å². The number of hydrogen-bond donors (Lipinski definition) is 0. The van der Waals surface area contributed by atoms with Crippen molar-refractivity contribution < 1.29 is 9.05 Å². The second-order valence-electron chi connectivity index (χ2n) is 1.66. The Bertz CT molecular complexity index is 97.0. The van der Waals surface area contributed by atoms with Crippen LogP contribution in [-0.2, 0) is 15.8 Å². The van der Waals surface area contributed by atoms with Gasteiger partial charge in [-0.2, -0.15) is 0 Å². The van der Waals surface area contributed by atoms with Gasteiger partial charge in [0.1, 0.15) is 11.0 Å². The zero-order valence-electron chi connectivity index (χ0n) is 6.09. The highest BCUT2D eigenvalue weighted by atomic mass is 32.2. The van der Waals surface area contributed by atoms with Crippen LogP contribution < -0.4 is 0 Å². The van der Waals surface area contributed by atoms with Crippen molar-refractivity contribution in [2.45, 2.75) is 13.3 Å². The van der Waals surface area contributed by atoms with E-state index in [2.05, 4.69) is 0 Å². The molecule has 1 atom stereocenters. The van der Waals surface area contributed by atoms with Crippen LogP contribution in [0.2, 0.25) is 0 Å². The molecule has 0 saturated heterocycles. The lowest BCUT2D eigenvalue weighted by atomic mass is 10.5. The van der Waals surface area contributed by atoms with Crippen LogP contribution in [-0.4, -0.2) is 28.6 Å². The van der Waals surface area contributed by atoms with Gasteiger partial charge in [-0.3, -0.25) is 4.84 Å². The molecule has 0 aliphatic rings. The molecule has 0 bridgehead atoms. The van der Waals surface area contributed by atoms with Crippen molar-refractivity contribution in [1.29, 1.82) is 0 Å². The van der Waals surface area contributed by atoms with Crippen LogP contribution in [0.5, 0.6) is 0 Å².